The summed E-state index contributed by atoms with van der Waals surface area (Å²) in [5.41, 5.74) is -0.181. The summed E-state index contributed by atoms with van der Waals surface area (Å²) in [5.74, 6) is 1.88. The molecule has 2 saturated carbocycles. The summed E-state index contributed by atoms with van der Waals surface area (Å²) >= 11 is 0. The maximum absolute atomic E-state index is 13.3. The molecule has 3 fully saturated rings. The number of nitrogens with zero attached hydrogens (tertiary/aromatic N) is 4. The van der Waals surface area contributed by atoms with Crippen LogP contribution in [0.2, 0.25) is 0 Å². The van der Waals surface area contributed by atoms with Gasteiger partial charge in [0.05, 0.1) is 12.0 Å². The van der Waals surface area contributed by atoms with Gasteiger partial charge in [-0.15, -0.1) is 0 Å². The van der Waals surface area contributed by atoms with E-state index in [1.54, 1.807) is 6.20 Å². The van der Waals surface area contributed by atoms with Gasteiger partial charge in [-0.25, -0.2) is 0 Å². The zero-order chi connectivity index (χ0) is 17.4. The van der Waals surface area contributed by atoms with Gasteiger partial charge in [-0.05, 0) is 50.0 Å². The minimum absolute atomic E-state index is 0.181. The summed E-state index contributed by atoms with van der Waals surface area (Å²) in [5, 5.41) is 4.32. The normalized spacial score (nSPS) is 26.7. The van der Waals surface area contributed by atoms with Gasteiger partial charge < -0.3 is 4.90 Å². The predicted octanol–water partition coefficient (Wildman–Crippen LogP) is 2.63. The molecule has 1 atom stereocenters. The standard InChI is InChI=1S/C20H32N4O/c1-16(2)18-14-23(11-4-10-22(18)13-17-5-6-17)19(25)20(7-8-20)15-24-12-3-9-21-24/h3,9,12,16-18H,4-8,10-11,13-15H2,1-2H3/t18-/m1/s1. The van der Waals surface area contributed by atoms with Crippen LogP contribution in [0.4, 0.5) is 0 Å². The fourth-order valence-electron chi connectivity index (χ4n) is 4.37. The predicted molar refractivity (Wildman–Crippen MR) is 98.0 cm³/mol. The molecule has 4 rings (SSSR count). The number of amides is 1. The molecule has 1 aromatic heterocycles. The Bertz CT molecular complexity index is 589. The van der Waals surface area contributed by atoms with E-state index < -0.39 is 0 Å². The lowest BCUT2D eigenvalue weighted by Gasteiger charge is -2.35. The molecule has 2 heterocycles. The van der Waals surface area contributed by atoms with Crippen molar-refractivity contribution in [3.05, 3.63) is 18.5 Å². The Kier molecular flexibility index (Phi) is 4.61. The Balaban J connectivity index is 1.45. The lowest BCUT2D eigenvalue weighted by molar-refractivity contribution is -0.138. The first-order valence-electron chi connectivity index (χ1n) is 10.1. The van der Waals surface area contributed by atoms with E-state index >= 15 is 0 Å². The third kappa shape index (κ3) is 3.76. The molecular formula is C20H32N4O. The molecular weight excluding hydrogens is 312 g/mol. The average Bonchev–Trinajstić information content (AvgIpc) is 3.49. The van der Waals surface area contributed by atoms with Crippen molar-refractivity contribution < 1.29 is 4.79 Å². The highest BCUT2D eigenvalue weighted by atomic mass is 16.2. The first-order valence-corrected chi connectivity index (χ1v) is 10.1. The van der Waals surface area contributed by atoms with Gasteiger partial charge in [0.15, 0.2) is 0 Å². The van der Waals surface area contributed by atoms with Gasteiger partial charge in [-0.1, -0.05) is 13.8 Å². The van der Waals surface area contributed by atoms with Crippen LogP contribution in [0.15, 0.2) is 18.5 Å². The average molecular weight is 345 g/mol. The van der Waals surface area contributed by atoms with Crippen molar-refractivity contribution in [3.8, 4) is 0 Å². The smallest absolute Gasteiger partial charge is 0.230 e. The molecule has 0 bridgehead atoms. The van der Waals surface area contributed by atoms with Crippen molar-refractivity contribution in [3.63, 3.8) is 0 Å². The van der Waals surface area contributed by atoms with Gasteiger partial charge in [0, 0.05) is 44.6 Å². The Hall–Kier alpha value is -1.36. The van der Waals surface area contributed by atoms with E-state index in [-0.39, 0.29) is 5.41 Å². The number of hydrogen-bond donors (Lipinski definition) is 0. The summed E-state index contributed by atoms with van der Waals surface area (Å²) in [4.78, 5) is 18.2. The van der Waals surface area contributed by atoms with Crippen LogP contribution in [0.3, 0.4) is 0 Å². The van der Waals surface area contributed by atoms with Crippen molar-refractivity contribution in [2.24, 2.45) is 17.3 Å². The molecule has 1 aliphatic heterocycles. The second kappa shape index (κ2) is 6.75. The number of hydrogen-bond acceptors (Lipinski definition) is 3. The van der Waals surface area contributed by atoms with E-state index in [0.717, 1.165) is 51.4 Å². The lowest BCUT2D eigenvalue weighted by atomic mass is 10.00. The van der Waals surface area contributed by atoms with E-state index in [0.29, 0.717) is 17.9 Å². The molecule has 0 spiro atoms. The van der Waals surface area contributed by atoms with E-state index in [1.165, 1.54) is 19.4 Å². The van der Waals surface area contributed by atoms with Crippen LogP contribution in [0.25, 0.3) is 0 Å². The van der Waals surface area contributed by atoms with E-state index in [2.05, 4.69) is 28.7 Å². The third-order valence-corrected chi connectivity index (χ3v) is 6.33. The van der Waals surface area contributed by atoms with Crippen LogP contribution in [-0.2, 0) is 11.3 Å². The maximum Gasteiger partial charge on any atom is 0.230 e. The summed E-state index contributed by atoms with van der Waals surface area (Å²) in [6.45, 7) is 9.59. The van der Waals surface area contributed by atoms with Gasteiger partial charge >= 0.3 is 0 Å². The van der Waals surface area contributed by atoms with Gasteiger partial charge in [0.25, 0.3) is 0 Å². The molecule has 3 aliphatic rings. The maximum atomic E-state index is 13.3. The monoisotopic (exact) mass is 344 g/mol. The molecule has 1 amide bonds. The number of carbonyl (C=O) groups is 1. The van der Waals surface area contributed by atoms with Crippen molar-refractivity contribution in [2.75, 3.05) is 26.2 Å². The van der Waals surface area contributed by atoms with Crippen LogP contribution in [-0.4, -0.2) is 57.7 Å². The molecule has 1 saturated heterocycles. The quantitative estimate of drug-likeness (QED) is 0.797. The van der Waals surface area contributed by atoms with Crippen LogP contribution in [0, 0.1) is 17.3 Å². The fraction of sp³-hybridized carbons (Fsp3) is 0.800. The molecule has 0 unspecified atom stereocenters. The first kappa shape index (κ1) is 17.1. The molecule has 2 aliphatic carbocycles. The Morgan fingerprint density at radius 3 is 2.68 bits per heavy atom. The zero-order valence-electron chi connectivity index (χ0n) is 15.7. The van der Waals surface area contributed by atoms with Gasteiger partial charge in [-0.3, -0.25) is 14.4 Å². The molecule has 5 nitrogen and oxygen atoms in total. The largest absolute Gasteiger partial charge is 0.341 e. The van der Waals surface area contributed by atoms with Gasteiger partial charge in [-0.2, -0.15) is 5.10 Å². The van der Waals surface area contributed by atoms with Crippen LogP contribution < -0.4 is 0 Å². The minimum Gasteiger partial charge on any atom is -0.341 e. The molecule has 0 N–H and O–H groups in total. The topological polar surface area (TPSA) is 41.4 Å². The van der Waals surface area contributed by atoms with Crippen LogP contribution in [0.1, 0.15) is 46.0 Å². The summed E-state index contributed by atoms with van der Waals surface area (Å²) in [6.07, 6.45) is 9.72. The second-order valence-electron chi connectivity index (χ2n) is 8.84. The summed E-state index contributed by atoms with van der Waals surface area (Å²) in [6, 6.07) is 2.45. The van der Waals surface area contributed by atoms with Crippen molar-refractivity contribution >= 4 is 5.91 Å². The van der Waals surface area contributed by atoms with Crippen molar-refractivity contribution in [1.29, 1.82) is 0 Å². The van der Waals surface area contributed by atoms with E-state index in [9.17, 15) is 4.79 Å². The van der Waals surface area contributed by atoms with Crippen molar-refractivity contribution in [1.82, 2.24) is 19.6 Å². The number of aromatic nitrogens is 2. The highest BCUT2D eigenvalue weighted by Crippen LogP contribution is 2.49. The van der Waals surface area contributed by atoms with E-state index in [4.69, 9.17) is 0 Å². The highest BCUT2D eigenvalue weighted by Gasteiger charge is 2.52. The Morgan fingerprint density at radius 2 is 2.08 bits per heavy atom. The fourth-order valence-corrected chi connectivity index (χ4v) is 4.37. The third-order valence-electron chi connectivity index (χ3n) is 6.33. The molecule has 0 radical (unpaired) electrons. The van der Waals surface area contributed by atoms with Crippen LogP contribution >= 0.6 is 0 Å². The highest BCUT2D eigenvalue weighted by molar-refractivity contribution is 5.85. The summed E-state index contributed by atoms with van der Waals surface area (Å²) in [7, 11) is 0. The van der Waals surface area contributed by atoms with Crippen molar-refractivity contribution in [2.45, 2.75) is 58.5 Å². The lowest BCUT2D eigenvalue weighted by Crippen LogP contribution is -2.48. The SMILES string of the molecule is CC(C)[C@H]1CN(C(=O)C2(Cn3cccn3)CC2)CCCN1CC1CC1. The first-order chi connectivity index (χ1) is 12.1. The molecule has 1 aromatic rings. The minimum atomic E-state index is -0.181. The Morgan fingerprint density at radius 1 is 1.28 bits per heavy atom. The number of carbonyl (C=O) groups excluding carboxylic acids is 1. The zero-order valence-corrected chi connectivity index (χ0v) is 15.7. The van der Waals surface area contributed by atoms with Gasteiger partial charge in [0.2, 0.25) is 5.91 Å². The van der Waals surface area contributed by atoms with Gasteiger partial charge in [0.1, 0.15) is 0 Å². The summed E-state index contributed by atoms with van der Waals surface area (Å²) < 4.78 is 1.93. The van der Waals surface area contributed by atoms with E-state index in [1.807, 2.05) is 16.9 Å². The molecule has 138 valence electrons. The molecule has 5 heteroatoms. The second-order valence-corrected chi connectivity index (χ2v) is 8.84. The Labute approximate surface area is 151 Å². The van der Waals surface area contributed by atoms with Crippen LogP contribution in [0.5, 0.6) is 0 Å². The number of rotatable bonds is 6. The molecule has 0 aromatic carbocycles. The molecule has 25 heavy (non-hydrogen) atoms.